The van der Waals surface area contributed by atoms with Gasteiger partial charge in [0.1, 0.15) is 5.82 Å². The van der Waals surface area contributed by atoms with Crippen LogP contribution in [0.2, 0.25) is 0 Å². The van der Waals surface area contributed by atoms with Crippen LogP contribution in [-0.2, 0) is 13.1 Å². The molecule has 0 atom stereocenters. The Morgan fingerprint density at radius 1 is 1.19 bits per heavy atom. The van der Waals surface area contributed by atoms with Gasteiger partial charge in [-0.3, -0.25) is 9.78 Å². The number of hydrogen-bond acceptors (Lipinski definition) is 6. The second-order valence-corrected chi connectivity index (χ2v) is 5.71. The number of hydrogen-bond donors (Lipinski definition) is 2. The number of aromatic nitrogens is 6. The highest BCUT2D eigenvalue weighted by molar-refractivity contribution is 5.74. The summed E-state index contributed by atoms with van der Waals surface area (Å²) in [6, 6.07) is 6.57. The number of aromatic amines is 1. The van der Waals surface area contributed by atoms with E-state index < -0.39 is 0 Å². The Morgan fingerprint density at radius 3 is 2.92 bits per heavy atom. The molecule has 0 aliphatic carbocycles. The van der Waals surface area contributed by atoms with Gasteiger partial charge in [-0.15, -0.1) is 0 Å². The Kier molecular flexibility index (Phi) is 4.28. The number of aliphatic hydroxyl groups is 1. The molecule has 0 aliphatic heterocycles. The summed E-state index contributed by atoms with van der Waals surface area (Å²) in [4.78, 5) is 10.6. The molecule has 0 saturated heterocycles. The number of nitrogens with one attached hydrogen (secondary N) is 1. The van der Waals surface area contributed by atoms with E-state index in [-0.39, 0.29) is 19.0 Å². The summed E-state index contributed by atoms with van der Waals surface area (Å²) in [7, 11) is 0. The third-order valence-corrected chi connectivity index (χ3v) is 3.97. The molecule has 3 aromatic heterocycles. The smallest absolute Gasteiger partial charge is 0.232 e. The van der Waals surface area contributed by atoms with Crippen LogP contribution < -0.4 is 4.90 Å². The topological polar surface area (TPSA) is 95.8 Å². The van der Waals surface area contributed by atoms with Crippen LogP contribution in [-0.4, -0.2) is 41.7 Å². The maximum Gasteiger partial charge on any atom is 0.232 e. The van der Waals surface area contributed by atoms with E-state index in [9.17, 15) is 4.39 Å². The molecule has 0 aliphatic rings. The minimum atomic E-state index is -0.303. The molecule has 4 aromatic rings. The normalized spacial score (nSPS) is 11.2. The number of H-pyrrole nitrogens is 1. The van der Waals surface area contributed by atoms with Gasteiger partial charge >= 0.3 is 0 Å². The first kappa shape index (κ1) is 16.2. The zero-order chi connectivity index (χ0) is 17.9. The molecular formula is C17H16FN7O. The van der Waals surface area contributed by atoms with Gasteiger partial charge in [-0.1, -0.05) is 18.2 Å². The van der Waals surface area contributed by atoms with Crippen molar-refractivity contribution >= 4 is 22.7 Å². The van der Waals surface area contributed by atoms with Crippen molar-refractivity contribution in [1.82, 2.24) is 29.9 Å². The molecule has 3 heterocycles. The third-order valence-electron chi connectivity index (χ3n) is 3.97. The van der Waals surface area contributed by atoms with E-state index in [0.717, 1.165) is 5.39 Å². The van der Waals surface area contributed by atoms with E-state index in [1.165, 1.54) is 6.07 Å². The lowest BCUT2D eigenvalue weighted by Gasteiger charge is -2.21. The van der Waals surface area contributed by atoms with Gasteiger partial charge in [-0.2, -0.15) is 15.2 Å². The number of anilines is 2. The lowest BCUT2D eigenvalue weighted by molar-refractivity contribution is 0.269. The van der Waals surface area contributed by atoms with E-state index in [1.54, 1.807) is 52.6 Å². The maximum atomic E-state index is 14.2. The van der Waals surface area contributed by atoms with Crippen molar-refractivity contribution < 1.29 is 9.50 Å². The lowest BCUT2D eigenvalue weighted by atomic mass is 10.2. The molecule has 26 heavy (non-hydrogen) atoms. The first-order chi connectivity index (χ1) is 12.7. The largest absolute Gasteiger partial charge is 0.394 e. The molecule has 132 valence electrons. The number of halogens is 1. The van der Waals surface area contributed by atoms with Gasteiger partial charge in [-0.25, -0.2) is 9.37 Å². The minimum absolute atomic E-state index is 0.0228. The molecule has 0 saturated carbocycles. The highest BCUT2D eigenvalue weighted by atomic mass is 19.1. The fourth-order valence-corrected chi connectivity index (χ4v) is 2.65. The maximum absolute atomic E-state index is 14.2. The SMILES string of the molecule is OCCn1cc(N(Cc2ccccc2F)c2ncc3cn[nH]c3n2)cn1. The standard InChI is InChI=1S/C17H16FN7O/c18-15-4-2-1-3-12(15)10-25(14-9-21-24(11-14)5-6-26)17-19-7-13-8-20-23-16(13)22-17/h1-4,7-9,11,26H,5-6,10H2,(H,19,20,22,23). The molecule has 9 heteroatoms. The molecule has 0 fully saturated rings. The first-order valence-electron chi connectivity index (χ1n) is 8.05. The monoisotopic (exact) mass is 353 g/mol. The predicted octanol–water partition coefficient (Wildman–Crippen LogP) is 2.02. The lowest BCUT2D eigenvalue weighted by Crippen LogP contribution is -2.19. The summed E-state index contributed by atoms with van der Waals surface area (Å²) in [5, 5.41) is 20.9. The van der Waals surface area contributed by atoms with Crippen molar-refractivity contribution in [2.75, 3.05) is 11.5 Å². The van der Waals surface area contributed by atoms with E-state index in [4.69, 9.17) is 5.11 Å². The molecule has 4 rings (SSSR count). The van der Waals surface area contributed by atoms with Crippen LogP contribution in [0.1, 0.15) is 5.56 Å². The Hall–Kier alpha value is -3.33. The van der Waals surface area contributed by atoms with Crippen LogP contribution in [0.4, 0.5) is 16.0 Å². The molecule has 0 unspecified atom stereocenters. The fraction of sp³-hybridized carbons (Fsp3) is 0.176. The summed E-state index contributed by atoms with van der Waals surface area (Å²) in [6.07, 6.45) is 6.70. The summed E-state index contributed by atoms with van der Waals surface area (Å²) in [5.41, 5.74) is 1.80. The van der Waals surface area contributed by atoms with Gasteiger partial charge < -0.3 is 10.0 Å². The zero-order valence-electron chi connectivity index (χ0n) is 13.7. The van der Waals surface area contributed by atoms with Crippen LogP contribution in [0, 0.1) is 5.82 Å². The van der Waals surface area contributed by atoms with Crippen molar-refractivity contribution in [3.8, 4) is 0 Å². The van der Waals surface area contributed by atoms with Crippen molar-refractivity contribution in [3.05, 3.63) is 60.4 Å². The summed E-state index contributed by atoms with van der Waals surface area (Å²) < 4.78 is 15.8. The minimum Gasteiger partial charge on any atom is -0.394 e. The van der Waals surface area contributed by atoms with Crippen LogP contribution in [0.5, 0.6) is 0 Å². The average Bonchev–Trinajstić information content (AvgIpc) is 3.30. The highest BCUT2D eigenvalue weighted by Crippen LogP contribution is 2.26. The summed E-state index contributed by atoms with van der Waals surface area (Å²) >= 11 is 0. The van der Waals surface area contributed by atoms with Gasteiger partial charge in [0.15, 0.2) is 5.65 Å². The van der Waals surface area contributed by atoms with Crippen LogP contribution in [0.15, 0.2) is 49.1 Å². The Bertz CT molecular complexity index is 1030. The number of fused-ring (bicyclic) bond motifs is 1. The zero-order valence-corrected chi connectivity index (χ0v) is 13.7. The molecule has 0 bridgehead atoms. The van der Waals surface area contributed by atoms with Gasteiger partial charge in [-0.05, 0) is 6.07 Å². The van der Waals surface area contributed by atoms with Gasteiger partial charge in [0.25, 0.3) is 0 Å². The molecule has 0 spiro atoms. The molecule has 0 amide bonds. The molecular weight excluding hydrogens is 337 g/mol. The fourth-order valence-electron chi connectivity index (χ4n) is 2.65. The third kappa shape index (κ3) is 3.11. The quantitative estimate of drug-likeness (QED) is 0.551. The van der Waals surface area contributed by atoms with Gasteiger partial charge in [0, 0.05) is 18.0 Å². The molecule has 1 aromatic carbocycles. The second-order valence-electron chi connectivity index (χ2n) is 5.71. The van der Waals surface area contributed by atoms with Gasteiger partial charge in [0.05, 0.1) is 43.2 Å². The average molecular weight is 353 g/mol. The molecule has 0 radical (unpaired) electrons. The predicted molar refractivity (Wildman–Crippen MR) is 93.2 cm³/mol. The van der Waals surface area contributed by atoms with Crippen LogP contribution in [0.3, 0.4) is 0 Å². The Morgan fingerprint density at radius 2 is 2.08 bits per heavy atom. The number of rotatable bonds is 6. The summed E-state index contributed by atoms with van der Waals surface area (Å²) in [6.45, 7) is 0.580. The molecule has 8 nitrogen and oxygen atoms in total. The van der Waals surface area contributed by atoms with E-state index in [2.05, 4.69) is 25.3 Å². The Balaban J connectivity index is 1.75. The van der Waals surface area contributed by atoms with E-state index in [1.807, 2.05) is 0 Å². The van der Waals surface area contributed by atoms with Crippen LogP contribution in [0.25, 0.3) is 11.0 Å². The van der Waals surface area contributed by atoms with Crippen molar-refractivity contribution in [3.63, 3.8) is 0 Å². The van der Waals surface area contributed by atoms with Crippen molar-refractivity contribution in [2.24, 2.45) is 0 Å². The van der Waals surface area contributed by atoms with Crippen molar-refractivity contribution in [2.45, 2.75) is 13.1 Å². The highest BCUT2D eigenvalue weighted by Gasteiger charge is 2.17. The number of aliphatic hydroxyl groups excluding tert-OH is 1. The second kappa shape index (κ2) is 6.89. The number of benzene rings is 1. The molecule has 2 N–H and O–H groups in total. The van der Waals surface area contributed by atoms with Crippen LogP contribution >= 0.6 is 0 Å². The van der Waals surface area contributed by atoms with E-state index in [0.29, 0.717) is 29.4 Å². The van der Waals surface area contributed by atoms with E-state index >= 15 is 0 Å². The Labute approximate surface area is 147 Å². The van der Waals surface area contributed by atoms with Crippen molar-refractivity contribution in [1.29, 1.82) is 0 Å². The van der Waals surface area contributed by atoms with Gasteiger partial charge in [0.2, 0.25) is 5.95 Å². The summed E-state index contributed by atoms with van der Waals surface area (Å²) in [5.74, 6) is 0.0939. The number of nitrogens with zero attached hydrogens (tertiary/aromatic N) is 6. The first-order valence-corrected chi connectivity index (χ1v) is 8.05.